The third-order valence-corrected chi connectivity index (χ3v) is 3.21. The minimum absolute atomic E-state index is 0.359. The van der Waals surface area contributed by atoms with Crippen LogP contribution in [-0.4, -0.2) is 18.5 Å². The first-order valence-electron chi connectivity index (χ1n) is 5.98. The van der Waals surface area contributed by atoms with Gasteiger partial charge in [-0.25, -0.2) is 0 Å². The highest BCUT2D eigenvalue weighted by molar-refractivity contribution is 5.78. The molecule has 15 heavy (non-hydrogen) atoms. The van der Waals surface area contributed by atoms with Crippen molar-refractivity contribution in [1.29, 1.82) is 0 Å². The third kappa shape index (κ3) is 3.73. The molecule has 0 heterocycles. The molecule has 0 aromatic heterocycles. The molecule has 0 radical (unpaired) electrons. The van der Waals surface area contributed by atoms with E-state index in [9.17, 15) is 0 Å². The molecule has 0 aromatic rings. The summed E-state index contributed by atoms with van der Waals surface area (Å²) in [6.45, 7) is 9.71. The van der Waals surface area contributed by atoms with Crippen LogP contribution >= 0.6 is 0 Å². The fourth-order valence-electron chi connectivity index (χ4n) is 2.10. The van der Waals surface area contributed by atoms with Gasteiger partial charge in [0.15, 0.2) is 5.96 Å². The number of nitrogens with zero attached hydrogens (tertiary/aromatic N) is 1. The molecule has 1 fully saturated rings. The van der Waals surface area contributed by atoms with Gasteiger partial charge in [-0.05, 0) is 24.2 Å². The number of rotatable bonds is 3. The normalized spacial score (nSPS) is 25.9. The van der Waals surface area contributed by atoms with Gasteiger partial charge in [0.25, 0.3) is 0 Å². The molecule has 0 bridgehead atoms. The summed E-state index contributed by atoms with van der Waals surface area (Å²) in [5, 5.41) is 3.35. The number of aliphatic imine (C=N–C) groups is 1. The van der Waals surface area contributed by atoms with Crippen molar-refractivity contribution >= 4 is 5.96 Å². The summed E-state index contributed by atoms with van der Waals surface area (Å²) in [7, 11) is 0. The molecule has 0 spiro atoms. The Morgan fingerprint density at radius 2 is 2.20 bits per heavy atom. The predicted octanol–water partition coefficient (Wildman–Crippen LogP) is 2.13. The molecule has 1 unspecified atom stereocenters. The Morgan fingerprint density at radius 3 is 2.67 bits per heavy atom. The molecule has 0 aliphatic heterocycles. The summed E-state index contributed by atoms with van der Waals surface area (Å²) in [6, 6.07) is 0.494. The third-order valence-electron chi connectivity index (χ3n) is 3.21. The highest BCUT2D eigenvalue weighted by atomic mass is 15.1. The van der Waals surface area contributed by atoms with Crippen molar-refractivity contribution in [3.05, 3.63) is 0 Å². The largest absolute Gasteiger partial charge is 0.370 e. The summed E-state index contributed by atoms with van der Waals surface area (Å²) in [5.41, 5.74) is 6.22. The average Bonchev–Trinajstić information content (AvgIpc) is 2.43. The molecule has 3 heteroatoms. The van der Waals surface area contributed by atoms with Gasteiger partial charge in [0.2, 0.25) is 0 Å². The van der Waals surface area contributed by atoms with Crippen molar-refractivity contribution in [3.63, 3.8) is 0 Å². The van der Waals surface area contributed by atoms with Gasteiger partial charge in [-0.1, -0.05) is 34.1 Å². The first-order valence-corrected chi connectivity index (χ1v) is 5.98. The molecular formula is C12H25N3. The molecule has 3 nitrogen and oxygen atoms in total. The summed E-state index contributed by atoms with van der Waals surface area (Å²) < 4.78 is 0. The summed E-state index contributed by atoms with van der Waals surface area (Å²) in [5.74, 6) is 1.19. The Labute approximate surface area is 93.5 Å². The van der Waals surface area contributed by atoms with Crippen LogP contribution in [0.5, 0.6) is 0 Å². The lowest BCUT2D eigenvalue weighted by Gasteiger charge is -2.28. The van der Waals surface area contributed by atoms with Crippen molar-refractivity contribution in [2.45, 2.75) is 53.0 Å². The van der Waals surface area contributed by atoms with E-state index in [1.165, 1.54) is 19.3 Å². The van der Waals surface area contributed by atoms with E-state index in [0.29, 0.717) is 23.3 Å². The van der Waals surface area contributed by atoms with E-state index in [1.54, 1.807) is 0 Å². The quantitative estimate of drug-likeness (QED) is 0.555. The van der Waals surface area contributed by atoms with E-state index in [1.807, 2.05) is 0 Å². The number of nitrogens with two attached hydrogens (primary N) is 1. The SMILES string of the molecule is CC(C)CN=C(N)NC1CCCC1(C)C. The molecule has 1 saturated carbocycles. The molecule has 88 valence electrons. The standard InChI is InChI=1S/C12H25N3/c1-9(2)8-14-11(13)15-10-6-5-7-12(10,3)4/h9-10H,5-8H2,1-4H3,(H3,13,14,15). The van der Waals surface area contributed by atoms with E-state index in [0.717, 1.165) is 6.54 Å². The van der Waals surface area contributed by atoms with Crippen LogP contribution in [0.15, 0.2) is 4.99 Å². The molecule has 3 N–H and O–H groups in total. The fraction of sp³-hybridized carbons (Fsp3) is 0.917. The lowest BCUT2D eigenvalue weighted by Crippen LogP contribution is -2.45. The van der Waals surface area contributed by atoms with Crippen molar-refractivity contribution in [2.75, 3.05) is 6.54 Å². The van der Waals surface area contributed by atoms with E-state index < -0.39 is 0 Å². The van der Waals surface area contributed by atoms with Crippen LogP contribution in [0.1, 0.15) is 47.0 Å². The highest BCUT2D eigenvalue weighted by Gasteiger charge is 2.34. The van der Waals surface area contributed by atoms with Gasteiger partial charge in [0.05, 0.1) is 0 Å². The second-order valence-electron chi connectivity index (χ2n) is 5.70. The second kappa shape index (κ2) is 4.86. The smallest absolute Gasteiger partial charge is 0.188 e. The van der Waals surface area contributed by atoms with Gasteiger partial charge in [-0.15, -0.1) is 0 Å². The van der Waals surface area contributed by atoms with Crippen LogP contribution in [0.2, 0.25) is 0 Å². The molecule has 0 saturated heterocycles. The summed E-state index contributed by atoms with van der Waals surface area (Å²) in [4.78, 5) is 4.34. The van der Waals surface area contributed by atoms with Crippen LogP contribution in [-0.2, 0) is 0 Å². The number of guanidine groups is 1. The van der Waals surface area contributed by atoms with E-state index >= 15 is 0 Å². The Bertz CT molecular complexity index is 231. The van der Waals surface area contributed by atoms with Gasteiger partial charge >= 0.3 is 0 Å². The summed E-state index contributed by atoms with van der Waals surface area (Å²) in [6.07, 6.45) is 3.79. The van der Waals surface area contributed by atoms with Crippen molar-refractivity contribution in [1.82, 2.24) is 5.32 Å². The summed E-state index contributed by atoms with van der Waals surface area (Å²) >= 11 is 0. The number of nitrogens with one attached hydrogen (secondary N) is 1. The van der Waals surface area contributed by atoms with Crippen molar-refractivity contribution in [2.24, 2.45) is 22.1 Å². The lowest BCUT2D eigenvalue weighted by atomic mass is 9.87. The molecule has 0 amide bonds. The molecule has 1 aliphatic carbocycles. The van der Waals surface area contributed by atoms with Gasteiger partial charge in [0.1, 0.15) is 0 Å². The zero-order valence-corrected chi connectivity index (χ0v) is 10.5. The fourth-order valence-corrected chi connectivity index (χ4v) is 2.10. The Hall–Kier alpha value is -0.730. The molecule has 1 aliphatic rings. The number of hydrogen-bond donors (Lipinski definition) is 2. The first-order chi connectivity index (χ1) is 6.92. The average molecular weight is 211 g/mol. The minimum Gasteiger partial charge on any atom is -0.370 e. The molecular weight excluding hydrogens is 186 g/mol. The topological polar surface area (TPSA) is 50.4 Å². The van der Waals surface area contributed by atoms with Gasteiger partial charge in [-0.3, -0.25) is 4.99 Å². The second-order valence-corrected chi connectivity index (χ2v) is 5.70. The molecule has 0 aromatic carbocycles. The van der Waals surface area contributed by atoms with Gasteiger partial charge in [0, 0.05) is 12.6 Å². The maximum absolute atomic E-state index is 5.86. The zero-order valence-electron chi connectivity index (χ0n) is 10.5. The lowest BCUT2D eigenvalue weighted by molar-refractivity contribution is 0.310. The van der Waals surface area contributed by atoms with Crippen LogP contribution in [0.4, 0.5) is 0 Å². The van der Waals surface area contributed by atoms with Crippen LogP contribution in [0.3, 0.4) is 0 Å². The van der Waals surface area contributed by atoms with E-state index in [2.05, 4.69) is 38.0 Å². The minimum atomic E-state index is 0.359. The Balaban J connectivity index is 2.44. The maximum Gasteiger partial charge on any atom is 0.188 e. The number of hydrogen-bond acceptors (Lipinski definition) is 1. The Morgan fingerprint density at radius 1 is 1.53 bits per heavy atom. The van der Waals surface area contributed by atoms with E-state index in [-0.39, 0.29) is 0 Å². The Kier molecular flexibility index (Phi) is 4.00. The predicted molar refractivity (Wildman–Crippen MR) is 65.9 cm³/mol. The first kappa shape index (κ1) is 12.3. The maximum atomic E-state index is 5.86. The molecule has 1 rings (SSSR count). The van der Waals surface area contributed by atoms with E-state index in [4.69, 9.17) is 5.73 Å². The van der Waals surface area contributed by atoms with Crippen molar-refractivity contribution < 1.29 is 0 Å². The van der Waals surface area contributed by atoms with Crippen LogP contribution in [0.25, 0.3) is 0 Å². The van der Waals surface area contributed by atoms with Crippen molar-refractivity contribution in [3.8, 4) is 0 Å². The van der Waals surface area contributed by atoms with Gasteiger partial charge < -0.3 is 11.1 Å². The monoisotopic (exact) mass is 211 g/mol. The van der Waals surface area contributed by atoms with Crippen LogP contribution < -0.4 is 11.1 Å². The van der Waals surface area contributed by atoms with Crippen LogP contribution in [0, 0.1) is 11.3 Å². The van der Waals surface area contributed by atoms with Gasteiger partial charge in [-0.2, -0.15) is 0 Å². The molecule has 1 atom stereocenters. The highest BCUT2D eigenvalue weighted by Crippen LogP contribution is 2.36. The zero-order chi connectivity index (χ0) is 11.5.